The van der Waals surface area contributed by atoms with E-state index in [0.29, 0.717) is 6.10 Å². The highest BCUT2D eigenvalue weighted by atomic mass is 28.4. The van der Waals surface area contributed by atoms with Crippen LogP contribution in [0, 0.1) is 17.8 Å². The van der Waals surface area contributed by atoms with Gasteiger partial charge in [-0.15, -0.1) is 0 Å². The lowest BCUT2D eigenvalue weighted by Gasteiger charge is -2.32. The average molecular weight is 365 g/mol. The van der Waals surface area contributed by atoms with Crippen molar-refractivity contribution in [1.82, 2.24) is 0 Å². The van der Waals surface area contributed by atoms with Crippen LogP contribution in [0.5, 0.6) is 0 Å². The van der Waals surface area contributed by atoms with Crippen molar-refractivity contribution in [3.63, 3.8) is 0 Å². The topological polar surface area (TPSA) is 18.5 Å². The maximum absolute atomic E-state index is 6.95. The van der Waals surface area contributed by atoms with Gasteiger partial charge in [-0.1, -0.05) is 60.7 Å². The van der Waals surface area contributed by atoms with E-state index in [2.05, 4.69) is 74.1 Å². The van der Waals surface area contributed by atoms with Crippen molar-refractivity contribution in [3.05, 3.63) is 72.5 Å². The summed E-state index contributed by atoms with van der Waals surface area (Å²) in [5.74, 6) is 2.29. The summed E-state index contributed by atoms with van der Waals surface area (Å²) in [5.41, 5.74) is 1.40. The minimum atomic E-state index is -2.18. The fourth-order valence-corrected chi connectivity index (χ4v) is 8.10. The van der Waals surface area contributed by atoms with Gasteiger partial charge in [0.05, 0.1) is 13.4 Å². The van der Waals surface area contributed by atoms with E-state index in [4.69, 9.17) is 9.16 Å². The fraction of sp³-hybridized carbons (Fsp3) is 0.391. The molecule has 2 fully saturated rings. The number of hydrogen-bond donors (Lipinski definition) is 0. The Kier molecular flexibility index (Phi) is 4.76. The Balaban J connectivity index is 1.53. The lowest BCUT2D eigenvalue weighted by Crippen LogP contribution is -2.59. The largest absolute Gasteiger partial charge is 0.504 e. The van der Waals surface area contributed by atoms with Crippen molar-refractivity contribution in [3.8, 4) is 0 Å². The van der Waals surface area contributed by atoms with E-state index in [9.17, 15) is 0 Å². The lowest BCUT2D eigenvalue weighted by molar-refractivity contribution is 0.187. The maximum Gasteiger partial charge on any atom is 0.253 e. The first-order valence-corrected chi connectivity index (χ1v) is 12.0. The van der Waals surface area contributed by atoms with E-state index in [-0.39, 0.29) is 0 Å². The molecule has 0 amide bonds. The molecule has 2 aliphatic carbocycles. The highest BCUT2D eigenvalue weighted by Crippen LogP contribution is 2.61. The van der Waals surface area contributed by atoms with Crippen molar-refractivity contribution in [2.45, 2.75) is 32.4 Å². The van der Waals surface area contributed by atoms with E-state index in [1.807, 2.05) is 6.26 Å². The molecule has 4 atom stereocenters. The van der Waals surface area contributed by atoms with E-state index in [1.165, 1.54) is 28.8 Å². The van der Waals surface area contributed by atoms with Gasteiger partial charge in [-0.2, -0.15) is 0 Å². The van der Waals surface area contributed by atoms with E-state index in [0.717, 1.165) is 17.8 Å². The van der Waals surface area contributed by atoms with Gasteiger partial charge in [0.25, 0.3) is 8.32 Å². The van der Waals surface area contributed by atoms with Gasteiger partial charge in [-0.3, -0.25) is 0 Å². The Hall–Kier alpha value is -1.84. The summed E-state index contributed by atoms with van der Waals surface area (Å²) in [6, 6.07) is 21.7. The molecular formula is C23H28O2Si. The first-order valence-electron chi connectivity index (χ1n) is 9.62. The van der Waals surface area contributed by atoms with Crippen molar-refractivity contribution < 1.29 is 9.16 Å². The second-order valence-corrected chi connectivity index (χ2v) is 11.4. The zero-order chi connectivity index (χ0) is 18.1. The Bertz CT molecular complexity index is 720. The molecule has 2 aromatic carbocycles. The van der Waals surface area contributed by atoms with Crippen molar-refractivity contribution in [2.24, 2.45) is 17.8 Å². The molecule has 0 heterocycles. The number of allylic oxidation sites excluding steroid dienone is 1. The zero-order valence-electron chi connectivity index (χ0n) is 15.9. The van der Waals surface area contributed by atoms with Crippen LogP contribution in [0.1, 0.15) is 19.8 Å². The van der Waals surface area contributed by atoms with Gasteiger partial charge in [0.1, 0.15) is 0 Å². The predicted molar refractivity (Wildman–Crippen MR) is 109 cm³/mol. The second-order valence-electron chi connectivity index (χ2n) is 7.93. The summed E-state index contributed by atoms with van der Waals surface area (Å²) < 4.78 is 12.2. The molecule has 2 unspecified atom stereocenters. The minimum absolute atomic E-state index is 0.383. The molecule has 0 bridgehead atoms. The summed E-state index contributed by atoms with van der Waals surface area (Å²) in [5, 5.41) is 2.72. The number of benzene rings is 2. The monoisotopic (exact) mass is 364 g/mol. The van der Waals surface area contributed by atoms with Crippen LogP contribution in [0.4, 0.5) is 0 Å². The van der Waals surface area contributed by atoms with Crippen LogP contribution >= 0.6 is 0 Å². The Morgan fingerprint density at radius 1 is 0.923 bits per heavy atom. The van der Waals surface area contributed by atoms with Crippen LogP contribution in [-0.4, -0.2) is 21.5 Å². The molecule has 2 aliphatic rings. The number of methoxy groups -OCH3 is 1. The van der Waals surface area contributed by atoms with E-state index in [1.54, 1.807) is 7.11 Å². The smallest absolute Gasteiger partial charge is 0.253 e. The van der Waals surface area contributed by atoms with Gasteiger partial charge < -0.3 is 9.16 Å². The summed E-state index contributed by atoms with van der Waals surface area (Å²) in [6.45, 7) is 4.56. The van der Waals surface area contributed by atoms with Crippen LogP contribution in [-0.2, 0) is 9.16 Å². The number of ether oxygens (including phenoxy) is 1. The second kappa shape index (κ2) is 7.05. The molecule has 0 N–H and O–H groups in total. The quantitative estimate of drug-likeness (QED) is 0.570. The van der Waals surface area contributed by atoms with Gasteiger partial charge >= 0.3 is 0 Å². The predicted octanol–water partition coefficient (Wildman–Crippen LogP) is 3.97. The van der Waals surface area contributed by atoms with E-state index < -0.39 is 8.32 Å². The fourth-order valence-electron chi connectivity index (χ4n) is 4.98. The number of fused-ring (bicyclic) bond motifs is 1. The first-order chi connectivity index (χ1) is 12.6. The third-order valence-corrected chi connectivity index (χ3v) is 9.96. The summed E-state index contributed by atoms with van der Waals surface area (Å²) in [7, 11) is -0.439. The van der Waals surface area contributed by atoms with Gasteiger partial charge in [-0.25, -0.2) is 0 Å². The molecule has 0 radical (unpaired) electrons. The molecular weight excluding hydrogens is 336 g/mol. The van der Waals surface area contributed by atoms with Crippen LogP contribution in [0.2, 0.25) is 6.55 Å². The van der Waals surface area contributed by atoms with Crippen LogP contribution in [0.25, 0.3) is 0 Å². The molecule has 136 valence electrons. The molecule has 3 heteroatoms. The average Bonchev–Trinajstić information content (AvgIpc) is 3.19. The molecule has 2 aromatic rings. The molecule has 26 heavy (non-hydrogen) atoms. The van der Waals surface area contributed by atoms with Gasteiger partial charge in [0.15, 0.2) is 0 Å². The number of rotatable bonds is 6. The molecule has 2 nitrogen and oxygen atoms in total. The van der Waals surface area contributed by atoms with Gasteiger partial charge in [0.2, 0.25) is 0 Å². The molecule has 0 aliphatic heterocycles. The van der Waals surface area contributed by atoms with Gasteiger partial charge in [0, 0.05) is 6.10 Å². The normalized spacial score (nSPS) is 27.9. The Morgan fingerprint density at radius 3 is 1.88 bits per heavy atom. The molecule has 0 aromatic heterocycles. The Morgan fingerprint density at radius 2 is 1.42 bits per heavy atom. The maximum atomic E-state index is 6.95. The molecule has 2 saturated carbocycles. The first kappa shape index (κ1) is 17.6. The van der Waals surface area contributed by atoms with Crippen molar-refractivity contribution >= 4 is 18.7 Å². The van der Waals surface area contributed by atoms with Crippen LogP contribution < -0.4 is 10.4 Å². The third kappa shape index (κ3) is 3.14. The molecule has 0 saturated heterocycles. The Labute approximate surface area is 158 Å². The highest BCUT2D eigenvalue weighted by molar-refractivity contribution is 6.96. The van der Waals surface area contributed by atoms with Crippen molar-refractivity contribution in [2.75, 3.05) is 7.11 Å². The molecule has 0 spiro atoms. The summed E-state index contributed by atoms with van der Waals surface area (Å²) >= 11 is 0. The van der Waals surface area contributed by atoms with Crippen LogP contribution in [0.15, 0.2) is 72.5 Å². The van der Waals surface area contributed by atoms with Crippen molar-refractivity contribution in [1.29, 1.82) is 0 Å². The zero-order valence-corrected chi connectivity index (χ0v) is 16.9. The van der Waals surface area contributed by atoms with Gasteiger partial charge in [-0.05, 0) is 60.0 Å². The minimum Gasteiger partial charge on any atom is -0.504 e. The lowest BCUT2D eigenvalue weighted by atomic mass is 10.0. The third-order valence-electron chi connectivity index (χ3n) is 6.28. The summed E-state index contributed by atoms with van der Waals surface area (Å²) in [6.07, 6.45) is 4.68. The van der Waals surface area contributed by atoms with Crippen LogP contribution in [0.3, 0.4) is 0 Å². The highest BCUT2D eigenvalue weighted by Gasteiger charge is 2.57. The number of hydrogen-bond acceptors (Lipinski definition) is 2. The SMILES string of the molecule is CO/C=C(/C)C1[C@H]2CC(O[Si](C)(c3ccccc3)c3ccccc3)C[C@@H]12. The molecule has 4 rings (SSSR count). The standard InChI is InChI=1S/C23H28O2Si/c1-17(16-24-2)23-21-14-18(15-22(21)23)25-26(3,19-10-6-4-7-11-19)20-12-8-5-9-13-20/h4-13,16,18,21-23H,14-15H2,1-3H3/b17-16-/t18?,21-,22+,23?. The summed E-state index contributed by atoms with van der Waals surface area (Å²) in [4.78, 5) is 0. The van der Waals surface area contributed by atoms with E-state index >= 15 is 0 Å².